The number of hydrogen-bond acceptors (Lipinski definition) is 5. The van der Waals surface area contributed by atoms with E-state index >= 15 is 0 Å². The van der Waals surface area contributed by atoms with Crippen LogP contribution >= 0.6 is 0 Å². The van der Waals surface area contributed by atoms with E-state index in [2.05, 4.69) is 5.32 Å². The summed E-state index contributed by atoms with van der Waals surface area (Å²) in [5, 5.41) is 2.91. The van der Waals surface area contributed by atoms with Gasteiger partial charge in [-0.25, -0.2) is 8.42 Å². The van der Waals surface area contributed by atoms with Crippen molar-refractivity contribution in [3.63, 3.8) is 0 Å². The van der Waals surface area contributed by atoms with Crippen molar-refractivity contribution in [2.75, 3.05) is 38.1 Å². The lowest BCUT2D eigenvalue weighted by Gasteiger charge is -2.31. The third-order valence-corrected chi connectivity index (χ3v) is 8.44. The van der Waals surface area contributed by atoms with Gasteiger partial charge in [-0.2, -0.15) is 4.31 Å². The van der Waals surface area contributed by atoms with Crippen LogP contribution in [0.3, 0.4) is 0 Å². The molecule has 0 aromatic heterocycles. The van der Waals surface area contributed by atoms with Gasteiger partial charge >= 0.3 is 0 Å². The molecule has 0 aliphatic carbocycles. The Hall–Kier alpha value is -2.91. The Bertz CT molecular complexity index is 1130. The number of sulfonamides is 1. The molecular weight excluding hydrogens is 466 g/mol. The highest BCUT2D eigenvalue weighted by atomic mass is 32.2. The summed E-state index contributed by atoms with van der Waals surface area (Å²) in [6.45, 7) is 4.57. The number of hydrogen-bond donors (Lipinski definition) is 1. The Morgan fingerprint density at radius 3 is 2.31 bits per heavy atom. The zero-order chi connectivity index (χ0) is 24.8. The highest BCUT2D eigenvalue weighted by Gasteiger charge is 2.33. The van der Waals surface area contributed by atoms with E-state index in [9.17, 15) is 18.0 Å². The van der Waals surface area contributed by atoms with E-state index in [1.54, 1.807) is 36.4 Å². The first-order valence-electron chi connectivity index (χ1n) is 12.3. The van der Waals surface area contributed by atoms with Gasteiger partial charge in [0.05, 0.1) is 23.8 Å². The van der Waals surface area contributed by atoms with Crippen molar-refractivity contribution in [2.24, 2.45) is 5.92 Å². The van der Waals surface area contributed by atoms with Crippen LogP contribution in [0.2, 0.25) is 0 Å². The lowest BCUT2D eigenvalue weighted by molar-refractivity contribution is -0.129. The van der Waals surface area contributed by atoms with Gasteiger partial charge in [0.1, 0.15) is 5.75 Å². The molecule has 0 saturated carbocycles. The summed E-state index contributed by atoms with van der Waals surface area (Å²) < 4.78 is 33.0. The van der Waals surface area contributed by atoms with E-state index in [-0.39, 0.29) is 23.3 Å². The number of carbonyl (C=O) groups excluding carboxylic acids is 2. The van der Waals surface area contributed by atoms with E-state index in [1.165, 1.54) is 4.31 Å². The maximum Gasteiger partial charge on any atom is 0.243 e. The molecule has 2 heterocycles. The first-order chi connectivity index (χ1) is 16.9. The van der Waals surface area contributed by atoms with Crippen LogP contribution in [0.25, 0.3) is 0 Å². The molecule has 188 valence electrons. The van der Waals surface area contributed by atoms with Crippen LogP contribution in [-0.2, 0) is 26.0 Å². The second-order valence-corrected chi connectivity index (χ2v) is 11.0. The lowest BCUT2D eigenvalue weighted by atomic mass is 9.98. The Morgan fingerprint density at radius 1 is 0.971 bits per heavy atom. The van der Waals surface area contributed by atoms with Crippen LogP contribution < -0.4 is 10.1 Å². The maximum atomic E-state index is 13.1. The number of rotatable bonds is 8. The quantitative estimate of drug-likeness (QED) is 0.601. The minimum absolute atomic E-state index is 0.135. The smallest absolute Gasteiger partial charge is 0.243 e. The van der Waals surface area contributed by atoms with E-state index in [0.29, 0.717) is 43.9 Å². The average molecular weight is 500 g/mol. The third-order valence-electron chi connectivity index (χ3n) is 6.56. The summed E-state index contributed by atoms with van der Waals surface area (Å²) in [5.41, 5.74) is 1.55. The maximum absolute atomic E-state index is 13.1. The number of likely N-dealkylation sites (tertiary alicyclic amines) is 1. The molecule has 2 fully saturated rings. The fraction of sp³-hybridized carbons (Fsp3) is 0.462. The zero-order valence-electron chi connectivity index (χ0n) is 20.1. The normalized spacial score (nSPS) is 18.9. The second-order valence-electron chi connectivity index (χ2n) is 9.06. The summed E-state index contributed by atoms with van der Waals surface area (Å²) in [7, 11) is -3.70. The van der Waals surface area contributed by atoms with Crippen molar-refractivity contribution in [3.8, 4) is 5.75 Å². The number of nitrogens with zero attached hydrogens (tertiary/aromatic N) is 2. The van der Waals surface area contributed by atoms with Gasteiger partial charge < -0.3 is 15.0 Å². The molecule has 0 bridgehead atoms. The number of ether oxygens (including phenoxy) is 1. The first-order valence-corrected chi connectivity index (χ1v) is 13.7. The first kappa shape index (κ1) is 25.2. The molecule has 2 aromatic carbocycles. The van der Waals surface area contributed by atoms with Crippen LogP contribution in [0, 0.1) is 5.92 Å². The topological polar surface area (TPSA) is 96.0 Å². The molecule has 2 aromatic rings. The minimum Gasteiger partial charge on any atom is -0.494 e. The molecule has 1 N–H and O–H groups in total. The van der Waals surface area contributed by atoms with E-state index in [4.69, 9.17) is 4.74 Å². The highest BCUT2D eigenvalue weighted by molar-refractivity contribution is 7.89. The van der Waals surface area contributed by atoms with Gasteiger partial charge in [-0.1, -0.05) is 12.1 Å². The molecular formula is C26H33N3O5S. The highest BCUT2D eigenvalue weighted by Crippen LogP contribution is 2.26. The van der Waals surface area contributed by atoms with Gasteiger partial charge in [-0.05, 0) is 74.6 Å². The SMILES string of the molecule is CCOc1ccc(S(=O)(=O)N2CCC[C@H](C(=O)Nc3ccc(CC(=O)N4CCCC4)cc3)C2)cc1. The van der Waals surface area contributed by atoms with Crippen molar-refractivity contribution in [3.05, 3.63) is 54.1 Å². The predicted octanol–water partition coefficient (Wildman–Crippen LogP) is 3.29. The fourth-order valence-electron chi connectivity index (χ4n) is 4.60. The molecule has 0 unspecified atom stereocenters. The fourth-order valence-corrected chi connectivity index (χ4v) is 6.13. The van der Waals surface area contributed by atoms with Gasteiger partial charge in [0.2, 0.25) is 21.8 Å². The minimum atomic E-state index is -3.70. The van der Waals surface area contributed by atoms with Crippen LogP contribution in [0.1, 0.15) is 38.2 Å². The molecule has 2 amide bonds. The van der Waals surface area contributed by atoms with Crippen LogP contribution in [-0.4, -0.2) is 62.2 Å². The van der Waals surface area contributed by atoms with Gasteiger partial charge in [-0.15, -0.1) is 0 Å². The summed E-state index contributed by atoms with van der Waals surface area (Å²) in [4.78, 5) is 27.4. The summed E-state index contributed by atoms with van der Waals surface area (Å²) in [6, 6.07) is 13.7. The van der Waals surface area contributed by atoms with Crippen molar-refractivity contribution in [1.82, 2.24) is 9.21 Å². The van der Waals surface area contributed by atoms with Crippen LogP contribution in [0.15, 0.2) is 53.4 Å². The largest absolute Gasteiger partial charge is 0.494 e. The molecule has 8 nitrogen and oxygen atoms in total. The second kappa shape index (κ2) is 11.2. The Morgan fingerprint density at radius 2 is 1.66 bits per heavy atom. The van der Waals surface area contributed by atoms with Gasteiger partial charge in [-0.3, -0.25) is 9.59 Å². The summed E-state index contributed by atoms with van der Waals surface area (Å²) in [6.07, 6.45) is 3.73. The Labute approximate surface area is 207 Å². The molecule has 35 heavy (non-hydrogen) atoms. The molecule has 0 radical (unpaired) electrons. The standard InChI is InChI=1S/C26H33N3O5S/c1-2-34-23-11-13-24(14-12-23)35(32,33)29-17-5-6-21(19-29)26(31)27-22-9-7-20(8-10-22)18-25(30)28-15-3-4-16-28/h7-14,21H,2-6,15-19H2,1H3,(H,27,31)/t21-/m0/s1. The van der Waals surface area contributed by atoms with Crippen molar-refractivity contribution in [2.45, 2.75) is 43.9 Å². The van der Waals surface area contributed by atoms with Gasteiger partial charge in [0.15, 0.2) is 0 Å². The van der Waals surface area contributed by atoms with Crippen molar-refractivity contribution >= 4 is 27.5 Å². The molecule has 2 saturated heterocycles. The monoisotopic (exact) mass is 499 g/mol. The molecule has 4 rings (SSSR count). The molecule has 1 atom stereocenters. The number of carbonyl (C=O) groups is 2. The number of piperidine rings is 1. The number of benzene rings is 2. The third kappa shape index (κ3) is 6.21. The van der Waals surface area contributed by atoms with Crippen molar-refractivity contribution < 1.29 is 22.7 Å². The van der Waals surface area contributed by atoms with Gasteiger partial charge in [0.25, 0.3) is 0 Å². The number of nitrogens with one attached hydrogen (secondary N) is 1. The van der Waals surface area contributed by atoms with Gasteiger partial charge in [0, 0.05) is 31.9 Å². The lowest BCUT2D eigenvalue weighted by Crippen LogP contribution is -2.43. The summed E-state index contributed by atoms with van der Waals surface area (Å²) >= 11 is 0. The Balaban J connectivity index is 1.34. The molecule has 2 aliphatic heterocycles. The van der Waals surface area contributed by atoms with Crippen LogP contribution in [0.5, 0.6) is 5.75 Å². The predicted molar refractivity (Wildman–Crippen MR) is 134 cm³/mol. The number of amides is 2. The number of anilines is 1. The Kier molecular flexibility index (Phi) is 8.07. The van der Waals surface area contributed by atoms with Crippen molar-refractivity contribution in [1.29, 1.82) is 0 Å². The average Bonchev–Trinajstić information content (AvgIpc) is 3.41. The summed E-state index contributed by atoms with van der Waals surface area (Å²) in [5.74, 6) is 0.124. The van der Waals surface area contributed by atoms with E-state index < -0.39 is 15.9 Å². The van der Waals surface area contributed by atoms with E-state index in [0.717, 1.165) is 31.5 Å². The molecule has 2 aliphatic rings. The van der Waals surface area contributed by atoms with E-state index in [1.807, 2.05) is 24.0 Å². The molecule has 0 spiro atoms. The van der Waals surface area contributed by atoms with Crippen LogP contribution in [0.4, 0.5) is 5.69 Å². The zero-order valence-corrected chi connectivity index (χ0v) is 20.9. The molecule has 9 heteroatoms.